The zero-order chi connectivity index (χ0) is 19.5. The van der Waals surface area contributed by atoms with E-state index in [9.17, 15) is 9.59 Å². The first-order chi connectivity index (χ1) is 13.6. The summed E-state index contributed by atoms with van der Waals surface area (Å²) in [7, 11) is 0. The third-order valence-corrected chi connectivity index (χ3v) is 5.63. The fraction of sp³-hybridized carbons (Fsp3) is 0.211. The average Bonchev–Trinajstić information content (AvgIpc) is 3.36. The second-order valence-electron chi connectivity index (χ2n) is 6.31. The Morgan fingerprint density at radius 3 is 2.71 bits per heavy atom. The highest BCUT2D eigenvalue weighted by Crippen LogP contribution is 2.22. The standard InChI is InChI=1S/C19H18ClN5O2S/c20-17-7-6-16(28-17)18(26)22-10-13-11-24(12-23-13)14-2-4-15(5-3-14)25-9-1-8-21-19(25)27/h2-7,11-12H,1,8-10H2,(H,21,27)(H,22,26). The van der Waals surface area contributed by atoms with Crippen LogP contribution in [0.1, 0.15) is 21.8 Å². The van der Waals surface area contributed by atoms with Gasteiger partial charge in [0.25, 0.3) is 5.91 Å². The molecule has 2 aromatic heterocycles. The van der Waals surface area contributed by atoms with Crippen LogP contribution in [0.4, 0.5) is 10.5 Å². The number of halogens is 1. The van der Waals surface area contributed by atoms with Crippen LogP contribution in [0.5, 0.6) is 0 Å². The number of aromatic nitrogens is 2. The van der Waals surface area contributed by atoms with E-state index >= 15 is 0 Å². The lowest BCUT2D eigenvalue weighted by Crippen LogP contribution is -2.46. The van der Waals surface area contributed by atoms with Gasteiger partial charge < -0.3 is 15.2 Å². The minimum atomic E-state index is -0.171. The lowest BCUT2D eigenvalue weighted by atomic mass is 10.2. The first kappa shape index (κ1) is 18.5. The topological polar surface area (TPSA) is 79.3 Å². The summed E-state index contributed by atoms with van der Waals surface area (Å²) in [6, 6.07) is 11.1. The Balaban J connectivity index is 1.39. The second kappa shape index (κ2) is 8.04. The molecular weight excluding hydrogens is 398 g/mol. The number of hydrogen-bond acceptors (Lipinski definition) is 4. The van der Waals surface area contributed by atoms with E-state index in [2.05, 4.69) is 15.6 Å². The van der Waals surface area contributed by atoms with Gasteiger partial charge in [0.2, 0.25) is 0 Å². The lowest BCUT2D eigenvalue weighted by molar-refractivity contribution is 0.0954. The molecule has 144 valence electrons. The molecule has 7 nitrogen and oxygen atoms in total. The Bertz CT molecular complexity index is 998. The first-order valence-electron chi connectivity index (χ1n) is 8.82. The average molecular weight is 416 g/mol. The quantitative estimate of drug-likeness (QED) is 0.670. The fourth-order valence-electron chi connectivity index (χ4n) is 2.97. The monoisotopic (exact) mass is 415 g/mol. The molecule has 9 heteroatoms. The van der Waals surface area contributed by atoms with Crippen LogP contribution in [0.3, 0.4) is 0 Å². The number of hydrogen-bond donors (Lipinski definition) is 2. The summed E-state index contributed by atoms with van der Waals surface area (Å²) in [6.45, 7) is 1.77. The number of anilines is 1. The van der Waals surface area contributed by atoms with Gasteiger partial charge in [0.1, 0.15) is 0 Å². The van der Waals surface area contributed by atoms with Crippen molar-refractivity contribution in [3.8, 4) is 5.69 Å². The number of amides is 3. The Morgan fingerprint density at radius 1 is 1.21 bits per heavy atom. The molecule has 0 saturated carbocycles. The van der Waals surface area contributed by atoms with Gasteiger partial charge in [-0.25, -0.2) is 9.78 Å². The molecule has 0 aliphatic carbocycles. The molecule has 3 aromatic rings. The summed E-state index contributed by atoms with van der Waals surface area (Å²) in [6.07, 6.45) is 4.50. The Morgan fingerprint density at radius 2 is 2.00 bits per heavy atom. The van der Waals surface area contributed by atoms with Gasteiger partial charge >= 0.3 is 6.03 Å². The van der Waals surface area contributed by atoms with E-state index in [0.717, 1.165) is 36.6 Å². The maximum atomic E-state index is 12.1. The first-order valence-corrected chi connectivity index (χ1v) is 10.0. The summed E-state index contributed by atoms with van der Waals surface area (Å²) >= 11 is 7.10. The molecule has 1 aromatic carbocycles. The number of rotatable bonds is 5. The van der Waals surface area contributed by atoms with Gasteiger partial charge in [0.15, 0.2) is 0 Å². The van der Waals surface area contributed by atoms with E-state index < -0.39 is 0 Å². The number of carbonyl (C=O) groups excluding carboxylic acids is 2. The summed E-state index contributed by atoms with van der Waals surface area (Å²) in [5.74, 6) is -0.171. The molecule has 1 aliphatic rings. The van der Waals surface area contributed by atoms with Crippen LogP contribution in [0, 0.1) is 0 Å². The van der Waals surface area contributed by atoms with Crippen LogP contribution >= 0.6 is 22.9 Å². The van der Waals surface area contributed by atoms with Gasteiger partial charge in [-0.3, -0.25) is 9.69 Å². The van der Waals surface area contributed by atoms with Crippen molar-refractivity contribution in [1.82, 2.24) is 20.2 Å². The molecule has 1 aliphatic heterocycles. The smallest absolute Gasteiger partial charge is 0.321 e. The Hall–Kier alpha value is -2.84. The minimum absolute atomic E-state index is 0.0633. The van der Waals surface area contributed by atoms with E-state index in [4.69, 9.17) is 11.6 Å². The maximum absolute atomic E-state index is 12.1. The van der Waals surface area contributed by atoms with E-state index in [1.807, 2.05) is 35.0 Å². The summed E-state index contributed by atoms with van der Waals surface area (Å²) in [5.41, 5.74) is 2.54. The van der Waals surface area contributed by atoms with Crippen LogP contribution in [0.25, 0.3) is 5.69 Å². The number of urea groups is 1. The van der Waals surface area contributed by atoms with Crippen molar-refractivity contribution in [2.75, 3.05) is 18.0 Å². The van der Waals surface area contributed by atoms with Gasteiger partial charge in [0, 0.05) is 30.7 Å². The molecule has 28 heavy (non-hydrogen) atoms. The number of carbonyl (C=O) groups is 2. The van der Waals surface area contributed by atoms with Gasteiger partial charge in [-0.15, -0.1) is 11.3 Å². The molecule has 1 saturated heterocycles. The number of imidazole rings is 1. The molecular formula is C19H18ClN5O2S. The molecule has 0 radical (unpaired) electrons. The van der Waals surface area contributed by atoms with Crippen LogP contribution < -0.4 is 15.5 Å². The van der Waals surface area contributed by atoms with Crippen LogP contribution in [0.15, 0.2) is 48.9 Å². The van der Waals surface area contributed by atoms with E-state index in [-0.39, 0.29) is 11.9 Å². The third kappa shape index (κ3) is 4.02. The molecule has 0 atom stereocenters. The predicted molar refractivity (Wildman–Crippen MR) is 109 cm³/mol. The van der Waals surface area contributed by atoms with E-state index in [1.165, 1.54) is 11.3 Å². The highest BCUT2D eigenvalue weighted by molar-refractivity contribution is 7.17. The molecule has 0 unspecified atom stereocenters. The number of nitrogens with zero attached hydrogens (tertiary/aromatic N) is 3. The molecule has 3 heterocycles. The molecule has 2 N–H and O–H groups in total. The molecule has 3 amide bonds. The zero-order valence-electron chi connectivity index (χ0n) is 14.9. The van der Waals surface area contributed by atoms with Crippen molar-refractivity contribution in [3.05, 3.63) is 63.8 Å². The molecule has 0 bridgehead atoms. The SMILES string of the molecule is O=C(NCc1cn(-c2ccc(N3CCCNC3=O)cc2)cn1)c1ccc(Cl)s1. The fourth-order valence-corrected chi connectivity index (χ4v) is 3.93. The Kier molecular flexibility index (Phi) is 5.31. The second-order valence-corrected chi connectivity index (χ2v) is 8.03. The highest BCUT2D eigenvalue weighted by Gasteiger charge is 2.18. The van der Waals surface area contributed by atoms with Crippen LogP contribution in [0.2, 0.25) is 4.34 Å². The largest absolute Gasteiger partial charge is 0.346 e. The van der Waals surface area contributed by atoms with Crippen molar-refractivity contribution in [2.24, 2.45) is 0 Å². The van der Waals surface area contributed by atoms with Crippen molar-refractivity contribution in [2.45, 2.75) is 13.0 Å². The normalized spacial score (nSPS) is 14.0. The summed E-state index contributed by atoms with van der Waals surface area (Å²) in [4.78, 5) is 30.7. The van der Waals surface area contributed by atoms with Gasteiger partial charge in [-0.1, -0.05) is 11.6 Å². The minimum Gasteiger partial charge on any atom is -0.346 e. The summed E-state index contributed by atoms with van der Waals surface area (Å²) in [5, 5.41) is 5.68. The van der Waals surface area contributed by atoms with Crippen LogP contribution in [-0.2, 0) is 6.54 Å². The van der Waals surface area contributed by atoms with Crippen molar-refractivity contribution < 1.29 is 9.59 Å². The van der Waals surface area contributed by atoms with Crippen LogP contribution in [-0.4, -0.2) is 34.6 Å². The molecule has 0 spiro atoms. The predicted octanol–water partition coefficient (Wildman–Crippen LogP) is 3.44. The van der Waals surface area contributed by atoms with E-state index in [0.29, 0.717) is 15.8 Å². The van der Waals surface area contributed by atoms with Gasteiger partial charge in [-0.05, 0) is 42.8 Å². The number of nitrogens with one attached hydrogen (secondary N) is 2. The summed E-state index contributed by atoms with van der Waals surface area (Å²) < 4.78 is 2.46. The molecule has 1 fully saturated rings. The maximum Gasteiger partial charge on any atom is 0.321 e. The van der Waals surface area contributed by atoms with Crippen molar-refractivity contribution in [3.63, 3.8) is 0 Å². The third-order valence-electron chi connectivity index (χ3n) is 4.40. The van der Waals surface area contributed by atoms with Gasteiger partial charge in [0.05, 0.1) is 27.8 Å². The number of benzene rings is 1. The molecule has 4 rings (SSSR count). The van der Waals surface area contributed by atoms with Gasteiger partial charge in [-0.2, -0.15) is 0 Å². The van der Waals surface area contributed by atoms with Crippen molar-refractivity contribution >= 4 is 40.6 Å². The zero-order valence-corrected chi connectivity index (χ0v) is 16.5. The number of thiophene rings is 1. The lowest BCUT2D eigenvalue weighted by Gasteiger charge is -2.27. The Labute approximate surface area is 170 Å². The van der Waals surface area contributed by atoms with E-state index in [1.54, 1.807) is 23.4 Å². The van der Waals surface area contributed by atoms with Crippen molar-refractivity contribution in [1.29, 1.82) is 0 Å². The highest BCUT2D eigenvalue weighted by atomic mass is 35.5.